The first-order valence-electron chi connectivity index (χ1n) is 3.08. The minimum absolute atomic E-state index is 0. The van der Waals surface area contributed by atoms with Crippen LogP contribution in [0.3, 0.4) is 0 Å². The second-order valence-corrected chi connectivity index (χ2v) is 2.00. The summed E-state index contributed by atoms with van der Waals surface area (Å²) >= 11 is 0. The van der Waals surface area contributed by atoms with E-state index in [2.05, 4.69) is 15.7 Å². The zero-order chi connectivity index (χ0) is 8.97. The Morgan fingerprint density at radius 2 is 2.23 bits per heavy atom. The molecule has 0 aliphatic carbocycles. The van der Waals surface area contributed by atoms with E-state index < -0.39 is 5.91 Å². The second-order valence-electron chi connectivity index (χ2n) is 2.00. The number of nitrogens with two attached hydrogens (primary N) is 1. The van der Waals surface area contributed by atoms with Crippen molar-refractivity contribution in [2.24, 2.45) is 11.0 Å². The van der Waals surface area contributed by atoms with E-state index in [1.54, 1.807) is 0 Å². The number of amides is 1. The SMILES string of the molecule is NC(=O)c1ccc(NN=O)nc1.[Na]. The van der Waals surface area contributed by atoms with Gasteiger partial charge in [0.05, 0.1) is 10.8 Å². The van der Waals surface area contributed by atoms with Crippen LogP contribution in [0.4, 0.5) is 5.82 Å². The number of carbonyl (C=O) groups excluding carboxylic acids is 1. The number of primary amides is 1. The maximum atomic E-state index is 10.5. The van der Waals surface area contributed by atoms with Crippen molar-refractivity contribution in [3.05, 3.63) is 28.8 Å². The third kappa shape index (κ3) is 3.49. The first-order chi connectivity index (χ1) is 5.74. The molecule has 6 nitrogen and oxygen atoms in total. The van der Waals surface area contributed by atoms with Gasteiger partial charge in [-0.15, -0.1) is 4.91 Å². The van der Waals surface area contributed by atoms with E-state index in [0.717, 1.165) is 0 Å². The van der Waals surface area contributed by atoms with E-state index in [1.165, 1.54) is 18.3 Å². The Balaban J connectivity index is 0.00000144. The third-order valence-electron chi connectivity index (χ3n) is 1.21. The van der Waals surface area contributed by atoms with Crippen molar-refractivity contribution in [3.8, 4) is 0 Å². The summed E-state index contributed by atoms with van der Waals surface area (Å²) in [5.41, 5.74) is 7.32. The van der Waals surface area contributed by atoms with Crippen LogP contribution in [-0.2, 0) is 0 Å². The van der Waals surface area contributed by atoms with Crippen LogP contribution in [0.5, 0.6) is 0 Å². The average molecular weight is 189 g/mol. The number of hydrogen-bond donors (Lipinski definition) is 2. The number of aromatic nitrogens is 1. The zero-order valence-electron chi connectivity index (χ0n) is 7.02. The molecule has 1 rings (SSSR count). The number of nitrogens with zero attached hydrogens (tertiary/aromatic N) is 2. The van der Waals surface area contributed by atoms with Crippen molar-refractivity contribution in [3.63, 3.8) is 0 Å². The summed E-state index contributed by atoms with van der Waals surface area (Å²) in [4.78, 5) is 23.9. The number of anilines is 1. The largest absolute Gasteiger partial charge is 0.366 e. The zero-order valence-corrected chi connectivity index (χ0v) is 9.02. The van der Waals surface area contributed by atoms with Gasteiger partial charge in [-0.3, -0.25) is 4.79 Å². The fourth-order valence-corrected chi connectivity index (χ4v) is 0.653. The molecule has 1 aromatic heterocycles. The summed E-state index contributed by atoms with van der Waals surface area (Å²) < 4.78 is 0. The summed E-state index contributed by atoms with van der Waals surface area (Å²) in [5, 5.41) is 2.40. The monoisotopic (exact) mass is 189 g/mol. The van der Waals surface area contributed by atoms with Gasteiger partial charge in [0.1, 0.15) is 5.82 Å². The topological polar surface area (TPSA) is 97.4 Å². The van der Waals surface area contributed by atoms with Gasteiger partial charge in [0.25, 0.3) is 0 Å². The molecule has 0 bridgehead atoms. The first-order valence-corrected chi connectivity index (χ1v) is 3.08. The van der Waals surface area contributed by atoms with Crippen LogP contribution < -0.4 is 11.2 Å². The molecule has 1 radical (unpaired) electrons. The summed E-state index contributed by atoms with van der Waals surface area (Å²) in [5.74, 6) is -0.289. The molecular weight excluding hydrogens is 183 g/mol. The van der Waals surface area contributed by atoms with Crippen LogP contribution in [-0.4, -0.2) is 40.4 Å². The summed E-state index contributed by atoms with van der Waals surface area (Å²) in [6.45, 7) is 0. The fourth-order valence-electron chi connectivity index (χ4n) is 0.653. The Kier molecular flexibility index (Phi) is 5.20. The molecule has 13 heavy (non-hydrogen) atoms. The van der Waals surface area contributed by atoms with E-state index in [-0.39, 0.29) is 40.9 Å². The van der Waals surface area contributed by atoms with Gasteiger partial charge >= 0.3 is 0 Å². The van der Waals surface area contributed by atoms with Crippen molar-refractivity contribution in [2.75, 3.05) is 5.43 Å². The van der Waals surface area contributed by atoms with Crippen LogP contribution in [0.2, 0.25) is 0 Å². The van der Waals surface area contributed by atoms with Gasteiger partial charge in [-0.25, -0.2) is 10.4 Å². The third-order valence-corrected chi connectivity index (χ3v) is 1.21. The standard InChI is InChI=1S/C6H6N4O2.Na/c7-6(11)4-1-2-5(8-3-4)9-10-12;/h1-3H,(H2,7,11)(H,8,9,12);. The van der Waals surface area contributed by atoms with E-state index in [9.17, 15) is 9.70 Å². The van der Waals surface area contributed by atoms with Crippen molar-refractivity contribution in [1.29, 1.82) is 0 Å². The van der Waals surface area contributed by atoms with Gasteiger partial charge in [0.15, 0.2) is 0 Å². The summed E-state index contributed by atoms with van der Waals surface area (Å²) in [7, 11) is 0. The van der Waals surface area contributed by atoms with Gasteiger partial charge in [-0.05, 0) is 12.1 Å². The number of carbonyl (C=O) groups is 1. The Bertz CT molecular complexity index is 300. The number of pyridine rings is 1. The molecule has 0 fully saturated rings. The van der Waals surface area contributed by atoms with Crippen LogP contribution in [0.1, 0.15) is 10.4 Å². The first kappa shape index (κ1) is 12.0. The fraction of sp³-hybridized carbons (Fsp3) is 0. The van der Waals surface area contributed by atoms with E-state index in [1.807, 2.05) is 0 Å². The molecular formula is C6H6N4NaO2. The molecule has 1 aromatic rings. The maximum Gasteiger partial charge on any atom is 0.250 e. The number of rotatable bonds is 3. The van der Waals surface area contributed by atoms with Crippen LogP contribution in [0.25, 0.3) is 0 Å². The molecule has 3 N–H and O–H groups in total. The van der Waals surface area contributed by atoms with Gasteiger partial charge in [0.2, 0.25) is 5.91 Å². The second kappa shape index (κ2) is 5.63. The molecule has 0 saturated heterocycles. The number of nitroso groups, excluding NO2 is 1. The van der Waals surface area contributed by atoms with Gasteiger partial charge in [-0.2, -0.15) is 0 Å². The molecule has 0 spiro atoms. The molecule has 0 atom stereocenters. The minimum Gasteiger partial charge on any atom is -0.366 e. The van der Waals surface area contributed by atoms with E-state index >= 15 is 0 Å². The van der Waals surface area contributed by atoms with Crippen LogP contribution in [0, 0.1) is 4.91 Å². The van der Waals surface area contributed by atoms with Crippen molar-refractivity contribution in [2.45, 2.75) is 0 Å². The normalized spacial score (nSPS) is 8.31. The number of hydrogen-bond acceptors (Lipinski definition) is 4. The summed E-state index contributed by atoms with van der Waals surface area (Å²) in [6, 6.07) is 2.88. The Morgan fingerprint density at radius 1 is 1.54 bits per heavy atom. The number of nitrogens with one attached hydrogen (secondary N) is 1. The molecule has 0 aliphatic heterocycles. The van der Waals surface area contributed by atoms with Gasteiger partial charge < -0.3 is 5.73 Å². The molecule has 63 valence electrons. The molecule has 1 heterocycles. The van der Waals surface area contributed by atoms with Crippen LogP contribution in [0.15, 0.2) is 23.6 Å². The summed E-state index contributed by atoms with van der Waals surface area (Å²) in [6.07, 6.45) is 1.26. The van der Waals surface area contributed by atoms with E-state index in [4.69, 9.17) is 5.73 Å². The van der Waals surface area contributed by atoms with Gasteiger partial charge in [-0.1, -0.05) is 0 Å². The Labute approximate surface area is 96.1 Å². The molecule has 0 unspecified atom stereocenters. The smallest absolute Gasteiger partial charge is 0.250 e. The Morgan fingerprint density at radius 3 is 2.62 bits per heavy atom. The van der Waals surface area contributed by atoms with Gasteiger partial charge in [0, 0.05) is 35.8 Å². The van der Waals surface area contributed by atoms with Crippen molar-refractivity contribution < 1.29 is 4.79 Å². The Hall–Kier alpha value is -0.980. The predicted molar refractivity (Wildman–Crippen MR) is 47.9 cm³/mol. The molecule has 7 heteroatoms. The van der Waals surface area contributed by atoms with Crippen molar-refractivity contribution >= 4 is 41.3 Å². The van der Waals surface area contributed by atoms with Crippen molar-refractivity contribution in [1.82, 2.24) is 4.98 Å². The maximum absolute atomic E-state index is 10.5. The quantitative estimate of drug-likeness (QED) is 0.394. The average Bonchev–Trinajstić information content (AvgIpc) is 2.06. The van der Waals surface area contributed by atoms with E-state index in [0.29, 0.717) is 0 Å². The molecule has 0 aliphatic rings. The minimum atomic E-state index is -0.562. The predicted octanol–water partition coefficient (Wildman–Crippen LogP) is -0.107. The molecule has 0 aromatic carbocycles. The van der Waals surface area contributed by atoms with Crippen LogP contribution >= 0.6 is 0 Å². The molecule has 0 saturated carbocycles. The molecule has 1 amide bonds.